The molecule has 3 aliphatic rings. The molecule has 0 radical (unpaired) electrons. The number of ether oxygens (including phenoxy) is 1. The second-order valence-corrected chi connectivity index (χ2v) is 9.19. The topological polar surface area (TPSA) is 57.2 Å². The lowest BCUT2D eigenvalue weighted by molar-refractivity contribution is -0.149. The predicted octanol–water partition coefficient (Wildman–Crippen LogP) is 2.82. The fourth-order valence-electron chi connectivity index (χ4n) is 4.87. The number of carbonyl (C=O) groups is 1. The van der Waals surface area contributed by atoms with Crippen LogP contribution in [0.1, 0.15) is 45.4 Å². The van der Waals surface area contributed by atoms with E-state index in [9.17, 15) is 4.79 Å². The lowest BCUT2D eigenvalue weighted by Crippen LogP contribution is -2.58. The summed E-state index contributed by atoms with van der Waals surface area (Å²) in [5.41, 5.74) is 0.285. The van der Waals surface area contributed by atoms with Gasteiger partial charge in [-0.3, -0.25) is 14.7 Å². The summed E-state index contributed by atoms with van der Waals surface area (Å²) in [5.74, 6) is 3.36. The average Bonchev–Trinajstić information content (AvgIpc) is 3.20. The van der Waals surface area contributed by atoms with Crippen LogP contribution in [0, 0.1) is 5.92 Å². The first-order valence-electron chi connectivity index (χ1n) is 10.6. The number of nitrogens with one attached hydrogen (secondary N) is 1. The monoisotopic (exact) mass is 524 g/mol. The molecule has 1 atom stereocenters. The Labute approximate surface area is 191 Å². The molecule has 0 bridgehead atoms. The Morgan fingerprint density at radius 1 is 1.21 bits per heavy atom. The third kappa shape index (κ3) is 5.90. The SMILES string of the molecule is CCOC(=O)C1CCCN(C(=NC)NCC2(N3CCSCC3)CCCC2)C1.I. The molecule has 0 amide bonds. The van der Waals surface area contributed by atoms with Crippen LogP contribution in [0.4, 0.5) is 0 Å². The van der Waals surface area contributed by atoms with Crippen molar-refractivity contribution < 1.29 is 9.53 Å². The molecule has 3 rings (SSSR count). The first kappa shape index (κ1) is 24.1. The molecule has 0 aromatic heterocycles. The fraction of sp³-hybridized carbons (Fsp3) is 0.900. The summed E-state index contributed by atoms with van der Waals surface area (Å²) in [6.07, 6.45) is 7.16. The number of nitrogens with zero attached hydrogens (tertiary/aromatic N) is 3. The molecule has 6 nitrogen and oxygen atoms in total. The maximum absolute atomic E-state index is 12.2. The van der Waals surface area contributed by atoms with Gasteiger partial charge >= 0.3 is 5.97 Å². The quantitative estimate of drug-likeness (QED) is 0.259. The number of thioether (sulfide) groups is 1. The van der Waals surface area contributed by atoms with Crippen LogP contribution in [0.25, 0.3) is 0 Å². The molecule has 1 N–H and O–H groups in total. The van der Waals surface area contributed by atoms with Crippen LogP contribution in [0.3, 0.4) is 0 Å². The van der Waals surface area contributed by atoms with Gasteiger partial charge in [0, 0.05) is 56.8 Å². The van der Waals surface area contributed by atoms with Crippen molar-refractivity contribution in [2.24, 2.45) is 10.9 Å². The van der Waals surface area contributed by atoms with Crippen molar-refractivity contribution >= 4 is 47.7 Å². The summed E-state index contributed by atoms with van der Waals surface area (Å²) < 4.78 is 5.25. The molecule has 0 spiro atoms. The van der Waals surface area contributed by atoms with Crippen molar-refractivity contribution in [1.82, 2.24) is 15.1 Å². The Morgan fingerprint density at radius 3 is 2.57 bits per heavy atom. The van der Waals surface area contributed by atoms with E-state index in [1.54, 1.807) is 0 Å². The van der Waals surface area contributed by atoms with Gasteiger partial charge in [0.05, 0.1) is 12.5 Å². The average molecular weight is 525 g/mol. The van der Waals surface area contributed by atoms with Crippen molar-refractivity contribution in [1.29, 1.82) is 0 Å². The highest BCUT2D eigenvalue weighted by molar-refractivity contribution is 14.0. The van der Waals surface area contributed by atoms with Crippen molar-refractivity contribution in [3.05, 3.63) is 0 Å². The van der Waals surface area contributed by atoms with E-state index in [0.29, 0.717) is 13.2 Å². The molecule has 2 saturated heterocycles. The van der Waals surface area contributed by atoms with Gasteiger partial charge in [0.1, 0.15) is 0 Å². The van der Waals surface area contributed by atoms with Gasteiger partial charge in [0.2, 0.25) is 0 Å². The third-order valence-electron chi connectivity index (χ3n) is 6.34. The first-order chi connectivity index (χ1) is 13.2. The van der Waals surface area contributed by atoms with Crippen LogP contribution in [0.2, 0.25) is 0 Å². The highest BCUT2D eigenvalue weighted by Crippen LogP contribution is 2.36. The highest BCUT2D eigenvalue weighted by Gasteiger charge is 2.40. The van der Waals surface area contributed by atoms with Crippen molar-refractivity contribution in [2.45, 2.75) is 51.0 Å². The lowest BCUT2D eigenvalue weighted by atomic mass is 9.94. The van der Waals surface area contributed by atoms with E-state index < -0.39 is 0 Å². The predicted molar refractivity (Wildman–Crippen MR) is 128 cm³/mol. The van der Waals surface area contributed by atoms with Gasteiger partial charge in [-0.05, 0) is 32.6 Å². The number of halogens is 1. The standard InChI is InChI=1S/C20H36N4O2S.HI/c1-3-26-18(25)17-7-6-10-23(15-17)19(21-2)22-16-20(8-4-5-9-20)24-11-13-27-14-12-24;/h17H,3-16H2,1-2H3,(H,21,22);1H. The van der Waals surface area contributed by atoms with Gasteiger partial charge in [-0.1, -0.05) is 12.8 Å². The van der Waals surface area contributed by atoms with Crippen LogP contribution in [0.5, 0.6) is 0 Å². The number of hydrogen-bond acceptors (Lipinski definition) is 5. The molecule has 8 heteroatoms. The highest BCUT2D eigenvalue weighted by atomic mass is 127. The van der Waals surface area contributed by atoms with E-state index >= 15 is 0 Å². The molecule has 1 unspecified atom stereocenters. The Hall–Kier alpha value is -0.220. The second-order valence-electron chi connectivity index (χ2n) is 7.97. The van der Waals surface area contributed by atoms with Gasteiger partial charge < -0.3 is 15.0 Å². The number of rotatable bonds is 5. The number of carbonyl (C=O) groups excluding carboxylic acids is 1. The molecule has 3 fully saturated rings. The number of piperidine rings is 1. The minimum Gasteiger partial charge on any atom is -0.466 e. The van der Waals surface area contributed by atoms with Crippen LogP contribution in [0.15, 0.2) is 4.99 Å². The molecule has 2 heterocycles. The Balaban J connectivity index is 0.00000280. The number of likely N-dealkylation sites (tertiary alicyclic amines) is 1. The number of aliphatic imine (C=N–C) groups is 1. The van der Waals surface area contributed by atoms with E-state index in [1.165, 1.54) is 50.3 Å². The smallest absolute Gasteiger partial charge is 0.310 e. The maximum Gasteiger partial charge on any atom is 0.310 e. The van der Waals surface area contributed by atoms with E-state index in [1.807, 2.05) is 14.0 Å². The summed E-state index contributed by atoms with van der Waals surface area (Å²) in [7, 11) is 1.86. The number of esters is 1. The van der Waals surface area contributed by atoms with Gasteiger partial charge in [-0.15, -0.1) is 24.0 Å². The van der Waals surface area contributed by atoms with E-state index in [-0.39, 0.29) is 41.4 Å². The molecule has 2 aliphatic heterocycles. The molecule has 162 valence electrons. The van der Waals surface area contributed by atoms with Crippen LogP contribution < -0.4 is 5.32 Å². The summed E-state index contributed by atoms with van der Waals surface area (Å²) in [4.78, 5) is 21.7. The van der Waals surface area contributed by atoms with Crippen LogP contribution in [-0.2, 0) is 9.53 Å². The van der Waals surface area contributed by atoms with Gasteiger partial charge in [0.25, 0.3) is 0 Å². The number of hydrogen-bond donors (Lipinski definition) is 1. The minimum absolute atomic E-state index is 0. The van der Waals surface area contributed by atoms with E-state index in [4.69, 9.17) is 4.74 Å². The van der Waals surface area contributed by atoms with Gasteiger partial charge in [0.15, 0.2) is 5.96 Å². The van der Waals surface area contributed by atoms with Crippen molar-refractivity contribution in [3.8, 4) is 0 Å². The lowest BCUT2D eigenvalue weighted by Gasteiger charge is -2.44. The summed E-state index contributed by atoms with van der Waals surface area (Å²) in [6.45, 7) is 7.39. The Morgan fingerprint density at radius 2 is 1.93 bits per heavy atom. The molecular formula is C20H37IN4O2S. The minimum atomic E-state index is -0.0595. The zero-order chi connectivity index (χ0) is 19.1. The molecule has 28 heavy (non-hydrogen) atoms. The second kappa shape index (κ2) is 11.8. The summed E-state index contributed by atoms with van der Waals surface area (Å²) in [6, 6.07) is 0. The molecule has 0 aromatic carbocycles. The van der Waals surface area contributed by atoms with Crippen molar-refractivity contribution in [2.75, 3.05) is 57.9 Å². The van der Waals surface area contributed by atoms with E-state index in [0.717, 1.165) is 31.9 Å². The zero-order valence-corrected chi connectivity index (χ0v) is 20.6. The Bertz CT molecular complexity index is 522. The largest absolute Gasteiger partial charge is 0.466 e. The third-order valence-corrected chi connectivity index (χ3v) is 7.29. The molecule has 1 aliphatic carbocycles. The van der Waals surface area contributed by atoms with Gasteiger partial charge in [-0.2, -0.15) is 11.8 Å². The fourth-order valence-corrected chi connectivity index (χ4v) is 5.78. The van der Waals surface area contributed by atoms with E-state index in [2.05, 4.69) is 31.9 Å². The van der Waals surface area contributed by atoms with Crippen molar-refractivity contribution in [3.63, 3.8) is 0 Å². The Kier molecular flexibility index (Phi) is 10.2. The number of guanidine groups is 1. The van der Waals surface area contributed by atoms with Crippen LogP contribution in [-0.4, -0.2) is 85.2 Å². The molecule has 0 aromatic rings. The zero-order valence-electron chi connectivity index (χ0n) is 17.5. The summed E-state index contributed by atoms with van der Waals surface area (Å²) in [5, 5.41) is 3.69. The first-order valence-corrected chi connectivity index (χ1v) is 11.8. The normalized spacial score (nSPS) is 25.9. The van der Waals surface area contributed by atoms with Gasteiger partial charge in [-0.25, -0.2) is 0 Å². The molecule has 1 saturated carbocycles. The van der Waals surface area contributed by atoms with Crippen LogP contribution >= 0.6 is 35.7 Å². The molecular weight excluding hydrogens is 487 g/mol. The summed E-state index contributed by atoms with van der Waals surface area (Å²) >= 11 is 2.08. The maximum atomic E-state index is 12.2.